The maximum Gasteiger partial charge on any atom is 0.253 e. The quantitative estimate of drug-likeness (QED) is 0.867. The molecule has 1 aromatic carbocycles. The molecule has 0 radical (unpaired) electrons. The monoisotopic (exact) mass is 258 g/mol. The SMILES string of the molecule is CC(CN)C(C)NC(=O)c1cccc2nccnc12. The Hall–Kier alpha value is -2.01. The van der Waals surface area contributed by atoms with E-state index in [0.717, 1.165) is 5.52 Å². The van der Waals surface area contributed by atoms with Gasteiger partial charge in [-0.1, -0.05) is 13.0 Å². The summed E-state index contributed by atoms with van der Waals surface area (Å²) >= 11 is 0. The Balaban J connectivity index is 2.27. The van der Waals surface area contributed by atoms with Crippen molar-refractivity contribution in [1.82, 2.24) is 15.3 Å². The number of nitrogens with one attached hydrogen (secondary N) is 1. The third-order valence-electron chi connectivity index (χ3n) is 3.33. The number of aromatic nitrogens is 2. The van der Waals surface area contributed by atoms with Crippen molar-refractivity contribution in [3.63, 3.8) is 0 Å². The van der Waals surface area contributed by atoms with Crippen LogP contribution in [0.3, 0.4) is 0 Å². The molecule has 1 amide bonds. The summed E-state index contributed by atoms with van der Waals surface area (Å²) in [4.78, 5) is 20.7. The first-order valence-corrected chi connectivity index (χ1v) is 6.34. The average molecular weight is 258 g/mol. The van der Waals surface area contributed by atoms with Gasteiger partial charge < -0.3 is 11.1 Å². The van der Waals surface area contributed by atoms with Crippen LogP contribution in [-0.2, 0) is 0 Å². The summed E-state index contributed by atoms with van der Waals surface area (Å²) in [5.74, 6) is 0.0870. The predicted octanol–water partition coefficient (Wildman–Crippen LogP) is 1.34. The molecule has 0 spiro atoms. The molecule has 1 heterocycles. The summed E-state index contributed by atoms with van der Waals surface area (Å²) in [5, 5.41) is 2.95. The maximum absolute atomic E-state index is 12.3. The number of nitrogens with two attached hydrogens (primary N) is 1. The summed E-state index contributed by atoms with van der Waals surface area (Å²) in [6.07, 6.45) is 3.20. The third-order valence-corrected chi connectivity index (χ3v) is 3.33. The molecular formula is C14H18N4O. The number of benzene rings is 1. The fraction of sp³-hybridized carbons (Fsp3) is 0.357. The van der Waals surface area contributed by atoms with Gasteiger partial charge in [-0.2, -0.15) is 0 Å². The normalized spacial score (nSPS) is 14.1. The summed E-state index contributed by atoms with van der Waals surface area (Å²) < 4.78 is 0. The number of fused-ring (bicyclic) bond motifs is 1. The van der Waals surface area contributed by atoms with E-state index in [9.17, 15) is 4.79 Å². The van der Waals surface area contributed by atoms with Gasteiger partial charge in [0.25, 0.3) is 5.91 Å². The lowest BCUT2D eigenvalue weighted by molar-refractivity contribution is 0.0931. The lowest BCUT2D eigenvalue weighted by Crippen LogP contribution is -2.39. The molecule has 0 saturated carbocycles. The van der Waals surface area contributed by atoms with E-state index in [-0.39, 0.29) is 17.9 Å². The van der Waals surface area contributed by atoms with Gasteiger partial charge in [-0.05, 0) is 31.5 Å². The number of amides is 1. The van der Waals surface area contributed by atoms with Gasteiger partial charge in [0.05, 0.1) is 11.1 Å². The van der Waals surface area contributed by atoms with Crippen LogP contribution in [0, 0.1) is 5.92 Å². The lowest BCUT2D eigenvalue weighted by Gasteiger charge is -2.19. The van der Waals surface area contributed by atoms with Crippen LogP contribution in [0.25, 0.3) is 11.0 Å². The molecule has 5 nitrogen and oxygen atoms in total. The number of para-hydroxylation sites is 1. The molecule has 19 heavy (non-hydrogen) atoms. The Kier molecular flexibility index (Phi) is 4.06. The maximum atomic E-state index is 12.3. The predicted molar refractivity (Wildman–Crippen MR) is 74.7 cm³/mol. The van der Waals surface area contributed by atoms with Gasteiger partial charge in [-0.25, -0.2) is 0 Å². The molecule has 0 aliphatic heterocycles. The Morgan fingerprint density at radius 3 is 2.79 bits per heavy atom. The summed E-state index contributed by atoms with van der Waals surface area (Å²) in [6, 6.07) is 5.42. The van der Waals surface area contributed by atoms with Gasteiger partial charge in [0, 0.05) is 18.4 Å². The van der Waals surface area contributed by atoms with Crippen molar-refractivity contribution in [2.45, 2.75) is 19.9 Å². The molecular weight excluding hydrogens is 240 g/mol. The largest absolute Gasteiger partial charge is 0.349 e. The van der Waals surface area contributed by atoms with E-state index in [0.29, 0.717) is 17.6 Å². The average Bonchev–Trinajstić information content (AvgIpc) is 2.45. The molecule has 2 aromatic rings. The van der Waals surface area contributed by atoms with Crippen molar-refractivity contribution >= 4 is 16.9 Å². The molecule has 5 heteroatoms. The number of rotatable bonds is 4. The van der Waals surface area contributed by atoms with Gasteiger partial charge in [-0.3, -0.25) is 14.8 Å². The van der Waals surface area contributed by atoms with Gasteiger partial charge in [0.1, 0.15) is 5.52 Å². The number of nitrogens with zero attached hydrogens (tertiary/aromatic N) is 2. The summed E-state index contributed by atoms with van der Waals surface area (Å²) in [6.45, 7) is 4.50. The van der Waals surface area contributed by atoms with Gasteiger partial charge in [0.2, 0.25) is 0 Å². The summed E-state index contributed by atoms with van der Waals surface area (Å²) in [5.41, 5.74) is 7.49. The zero-order valence-electron chi connectivity index (χ0n) is 11.1. The smallest absolute Gasteiger partial charge is 0.253 e. The van der Waals surface area contributed by atoms with E-state index in [1.807, 2.05) is 26.0 Å². The summed E-state index contributed by atoms with van der Waals surface area (Å²) in [7, 11) is 0. The second-order valence-electron chi connectivity index (χ2n) is 4.70. The molecule has 0 aliphatic rings. The minimum absolute atomic E-state index is 0.0180. The standard InChI is InChI=1S/C14H18N4O/c1-9(8-15)10(2)18-14(19)11-4-3-5-12-13(11)17-7-6-16-12/h3-7,9-10H,8,15H2,1-2H3,(H,18,19). The first kappa shape index (κ1) is 13.4. The van der Waals surface area contributed by atoms with Crippen molar-refractivity contribution in [2.75, 3.05) is 6.54 Å². The van der Waals surface area contributed by atoms with E-state index >= 15 is 0 Å². The van der Waals surface area contributed by atoms with Crippen LogP contribution in [0.2, 0.25) is 0 Å². The van der Waals surface area contributed by atoms with E-state index < -0.39 is 0 Å². The van der Waals surface area contributed by atoms with Crippen LogP contribution in [0.1, 0.15) is 24.2 Å². The highest BCUT2D eigenvalue weighted by Crippen LogP contribution is 2.14. The number of hydrogen-bond donors (Lipinski definition) is 2. The van der Waals surface area contributed by atoms with Crippen LogP contribution in [0.4, 0.5) is 0 Å². The lowest BCUT2D eigenvalue weighted by atomic mass is 10.0. The highest BCUT2D eigenvalue weighted by Gasteiger charge is 2.16. The Morgan fingerprint density at radius 1 is 1.32 bits per heavy atom. The first-order valence-electron chi connectivity index (χ1n) is 6.34. The Labute approximate surface area is 112 Å². The minimum atomic E-state index is -0.140. The zero-order valence-corrected chi connectivity index (χ0v) is 11.1. The molecule has 100 valence electrons. The molecule has 0 saturated heterocycles. The number of carbonyl (C=O) groups excluding carboxylic acids is 1. The van der Waals surface area contributed by atoms with E-state index in [1.54, 1.807) is 18.5 Å². The molecule has 2 rings (SSSR count). The fourth-order valence-corrected chi connectivity index (χ4v) is 1.81. The van der Waals surface area contributed by atoms with Crippen LogP contribution in [0.15, 0.2) is 30.6 Å². The Bertz CT molecular complexity index is 579. The molecule has 0 bridgehead atoms. The zero-order chi connectivity index (χ0) is 13.8. The number of hydrogen-bond acceptors (Lipinski definition) is 4. The van der Waals surface area contributed by atoms with E-state index in [2.05, 4.69) is 15.3 Å². The molecule has 3 N–H and O–H groups in total. The van der Waals surface area contributed by atoms with Crippen LogP contribution in [0.5, 0.6) is 0 Å². The molecule has 0 fully saturated rings. The van der Waals surface area contributed by atoms with Crippen molar-refractivity contribution in [3.05, 3.63) is 36.2 Å². The van der Waals surface area contributed by atoms with Crippen LogP contribution >= 0.6 is 0 Å². The highest BCUT2D eigenvalue weighted by molar-refractivity contribution is 6.04. The minimum Gasteiger partial charge on any atom is -0.349 e. The van der Waals surface area contributed by atoms with Crippen LogP contribution < -0.4 is 11.1 Å². The van der Waals surface area contributed by atoms with E-state index in [1.165, 1.54) is 0 Å². The molecule has 0 aliphatic carbocycles. The number of carbonyl (C=O) groups is 1. The molecule has 2 unspecified atom stereocenters. The van der Waals surface area contributed by atoms with Crippen molar-refractivity contribution in [2.24, 2.45) is 11.7 Å². The first-order chi connectivity index (χ1) is 9.13. The van der Waals surface area contributed by atoms with Crippen LogP contribution in [-0.4, -0.2) is 28.5 Å². The second kappa shape index (κ2) is 5.75. The highest BCUT2D eigenvalue weighted by atomic mass is 16.1. The Morgan fingerprint density at radius 2 is 2.05 bits per heavy atom. The topological polar surface area (TPSA) is 80.9 Å². The van der Waals surface area contributed by atoms with Gasteiger partial charge in [0.15, 0.2) is 0 Å². The van der Waals surface area contributed by atoms with Crippen molar-refractivity contribution in [3.8, 4) is 0 Å². The molecule has 1 aromatic heterocycles. The molecule has 2 atom stereocenters. The van der Waals surface area contributed by atoms with Gasteiger partial charge >= 0.3 is 0 Å². The fourth-order valence-electron chi connectivity index (χ4n) is 1.81. The third kappa shape index (κ3) is 2.88. The van der Waals surface area contributed by atoms with E-state index in [4.69, 9.17) is 5.73 Å². The van der Waals surface area contributed by atoms with Gasteiger partial charge in [-0.15, -0.1) is 0 Å². The van der Waals surface area contributed by atoms with Crippen molar-refractivity contribution < 1.29 is 4.79 Å². The van der Waals surface area contributed by atoms with Crippen molar-refractivity contribution in [1.29, 1.82) is 0 Å². The second-order valence-corrected chi connectivity index (χ2v) is 4.70.